The molecule has 0 radical (unpaired) electrons. The number of benzene rings is 1. The molecule has 1 N–H and O–H groups in total. The minimum Gasteiger partial charge on any atom is -0.487 e. The maximum Gasteiger partial charge on any atom is 0.410 e. The van der Waals surface area contributed by atoms with Gasteiger partial charge in [-0.2, -0.15) is 0 Å². The van der Waals surface area contributed by atoms with Gasteiger partial charge in [-0.25, -0.2) is 4.79 Å². The molecule has 0 aliphatic carbocycles. The van der Waals surface area contributed by atoms with Crippen molar-refractivity contribution in [2.45, 2.75) is 70.2 Å². The number of carbonyl (C=O) groups is 1. The van der Waals surface area contributed by atoms with Gasteiger partial charge in [-0.15, -0.1) is 0 Å². The fraction of sp³-hybridized carbons (Fsp3) is 0.682. The second-order valence-electron chi connectivity index (χ2n) is 9.07. The Morgan fingerprint density at radius 2 is 2.00 bits per heavy atom. The maximum atomic E-state index is 12.4. The average Bonchev–Trinajstić information content (AvgIpc) is 2.61. The van der Waals surface area contributed by atoms with E-state index in [0.29, 0.717) is 19.7 Å². The molecular weight excluding hydrogens is 356 g/mol. The number of hydrogen-bond acceptors (Lipinski definition) is 5. The highest BCUT2D eigenvalue weighted by Crippen LogP contribution is 2.44. The zero-order valence-corrected chi connectivity index (χ0v) is 17.8. The molecule has 28 heavy (non-hydrogen) atoms. The summed E-state index contributed by atoms with van der Waals surface area (Å²) in [7, 11) is 1.73. The van der Waals surface area contributed by atoms with Gasteiger partial charge in [0.25, 0.3) is 0 Å². The molecule has 6 heteroatoms. The number of rotatable bonds is 4. The summed E-state index contributed by atoms with van der Waals surface area (Å²) in [6, 6.07) is 8.72. The molecular formula is C22H34N2O4. The molecule has 1 aromatic carbocycles. The number of methoxy groups -OCH3 is 1. The van der Waals surface area contributed by atoms with E-state index in [1.165, 1.54) is 5.56 Å². The van der Waals surface area contributed by atoms with E-state index >= 15 is 0 Å². The third kappa shape index (κ3) is 4.97. The Morgan fingerprint density at radius 3 is 2.64 bits per heavy atom. The van der Waals surface area contributed by atoms with E-state index < -0.39 is 5.60 Å². The van der Waals surface area contributed by atoms with Crippen LogP contribution >= 0.6 is 0 Å². The predicted molar refractivity (Wildman–Crippen MR) is 109 cm³/mol. The number of amides is 1. The van der Waals surface area contributed by atoms with Crippen LogP contribution in [0.1, 0.15) is 58.6 Å². The summed E-state index contributed by atoms with van der Waals surface area (Å²) in [4.78, 5) is 14.2. The molecule has 2 unspecified atom stereocenters. The van der Waals surface area contributed by atoms with Crippen LogP contribution in [0.4, 0.5) is 4.79 Å². The summed E-state index contributed by atoms with van der Waals surface area (Å²) >= 11 is 0. The van der Waals surface area contributed by atoms with E-state index in [0.717, 1.165) is 25.0 Å². The monoisotopic (exact) mass is 390 g/mol. The van der Waals surface area contributed by atoms with E-state index in [2.05, 4.69) is 24.4 Å². The number of piperidine rings is 1. The molecule has 2 atom stereocenters. The summed E-state index contributed by atoms with van der Waals surface area (Å²) in [6.07, 6.45) is 2.26. The zero-order chi connectivity index (χ0) is 20.4. The van der Waals surface area contributed by atoms with E-state index in [4.69, 9.17) is 14.2 Å². The third-order valence-electron chi connectivity index (χ3n) is 5.43. The number of nitrogens with one attached hydrogen (secondary N) is 1. The molecule has 1 fully saturated rings. The fourth-order valence-corrected chi connectivity index (χ4v) is 4.14. The van der Waals surface area contributed by atoms with Gasteiger partial charge >= 0.3 is 6.09 Å². The summed E-state index contributed by atoms with van der Waals surface area (Å²) in [6.45, 7) is 9.80. The van der Waals surface area contributed by atoms with Crippen molar-refractivity contribution in [2.75, 3.05) is 26.8 Å². The molecule has 156 valence electrons. The number of fused-ring (bicyclic) bond motifs is 1. The van der Waals surface area contributed by atoms with Crippen molar-refractivity contribution in [1.29, 1.82) is 0 Å². The van der Waals surface area contributed by atoms with Crippen LogP contribution in [0, 0.1) is 0 Å². The smallest absolute Gasteiger partial charge is 0.410 e. The normalized spacial score (nSPS) is 22.3. The summed E-state index contributed by atoms with van der Waals surface area (Å²) in [5.41, 5.74) is 0.474. The first kappa shape index (κ1) is 20.9. The Balaban J connectivity index is 1.70. The Kier molecular flexibility index (Phi) is 6.20. The molecule has 1 spiro atoms. The highest BCUT2D eigenvalue weighted by Gasteiger charge is 2.44. The average molecular weight is 391 g/mol. The molecule has 2 aliphatic rings. The van der Waals surface area contributed by atoms with Gasteiger partial charge in [0.2, 0.25) is 0 Å². The molecule has 0 aromatic heterocycles. The third-order valence-corrected chi connectivity index (χ3v) is 5.43. The first-order valence-electron chi connectivity index (χ1n) is 10.2. The number of carbonyl (C=O) groups excluding carboxylic acids is 1. The van der Waals surface area contributed by atoms with E-state index in [-0.39, 0.29) is 23.8 Å². The van der Waals surface area contributed by atoms with Crippen molar-refractivity contribution in [3.8, 4) is 5.75 Å². The number of para-hydroxylation sites is 1. The molecule has 1 amide bonds. The Labute approximate surface area is 168 Å². The van der Waals surface area contributed by atoms with Crippen LogP contribution in [-0.4, -0.2) is 55.0 Å². The van der Waals surface area contributed by atoms with Crippen molar-refractivity contribution >= 4 is 6.09 Å². The van der Waals surface area contributed by atoms with Gasteiger partial charge in [-0.1, -0.05) is 18.2 Å². The molecule has 2 aliphatic heterocycles. The summed E-state index contributed by atoms with van der Waals surface area (Å²) in [5.74, 6) is 0.946. The second kappa shape index (κ2) is 8.29. The van der Waals surface area contributed by atoms with E-state index in [1.807, 2.05) is 32.9 Å². The number of hydrogen-bond donors (Lipinski definition) is 1. The Bertz CT molecular complexity index is 677. The van der Waals surface area contributed by atoms with Crippen LogP contribution < -0.4 is 10.1 Å². The first-order valence-corrected chi connectivity index (χ1v) is 10.2. The first-order chi connectivity index (χ1) is 13.2. The minimum absolute atomic E-state index is 0.211. The lowest BCUT2D eigenvalue weighted by Crippen LogP contribution is -2.54. The molecule has 0 bridgehead atoms. The van der Waals surface area contributed by atoms with Crippen molar-refractivity contribution in [2.24, 2.45) is 0 Å². The lowest BCUT2D eigenvalue weighted by molar-refractivity contribution is -0.0358. The topological polar surface area (TPSA) is 60.0 Å². The van der Waals surface area contributed by atoms with Crippen LogP contribution in [0.25, 0.3) is 0 Å². The van der Waals surface area contributed by atoms with Crippen molar-refractivity contribution in [3.05, 3.63) is 29.8 Å². The van der Waals surface area contributed by atoms with Gasteiger partial charge in [-0.05, 0) is 33.8 Å². The summed E-state index contributed by atoms with van der Waals surface area (Å²) < 4.78 is 17.3. The number of likely N-dealkylation sites (tertiary alicyclic amines) is 1. The molecule has 1 saturated heterocycles. The van der Waals surface area contributed by atoms with Crippen LogP contribution in [0.2, 0.25) is 0 Å². The molecule has 1 aromatic rings. The predicted octanol–water partition coefficient (Wildman–Crippen LogP) is 3.90. The zero-order valence-electron chi connectivity index (χ0n) is 17.8. The highest BCUT2D eigenvalue weighted by atomic mass is 16.6. The standard InChI is InChI=1S/C22H34N2O4/c1-16(15-26-5)23-18-14-22(27-19-9-7-6-8-17(18)19)10-12-24(13-11-22)20(25)28-21(2,3)4/h6-9,16,18,23H,10-15H2,1-5H3. The van der Waals surface area contributed by atoms with Gasteiger partial charge < -0.3 is 24.4 Å². The van der Waals surface area contributed by atoms with Gasteiger partial charge in [0.05, 0.1) is 6.61 Å². The maximum absolute atomic E-state index is 12.4. The quantitative estimate of drug-likeness (QED) is 0.845. The van der Waals surface area contributed by atoms with Crippen molar-refractivity contribution in [3.63, 3.8) is 0 Å². The van der Waals surface area contributed by atoms with Crippen molar-refractivity contribution in [1.82, 2.24) is 10.2 Å². The van der Waals surface area contributed by atoms with Gasteiger partial charge in [-0.3, -0.25) is 0 Å². The van der Waals surface area contributed by atoms with Crippen LogP contribution in [-0.2, 0) is 9.47 Å². The van der Waals surface area contributed by atoms with E-state index in [1.54, 1.807) is 12.0 Å². The molecule has 3 rings (SSSR count). The SMILES string of the molecule is COCC(C)NC1CC2(CCN(C(=O)OC(C)(C)C)CC2)Oc2ccccc21. The van der Waals surface area contributed by atoms with Crippen LogP contribution in [0.3, 0.4) is 0 Å². The summed E-state index contributed by atoms with van der Waals surface area (Å²) in [5, 5.41) is 3.70. The fourth-order valence-electron chi connectivity index (χ4n) is 4.14. The second-order valence-corrected chi connectivity index (χ2v) is 9.07. The molecule has 0 saturated carbocycles. The van der Waals surface area contributed by atoms with Gasteiger partial charge in [0, 0.05) is 57.1 Å². The van der Waals surface area contributed by atoms with Crippen LogP contribution in [0.15, 0.2) is 24.3 Å². The van der Waals surface area contributed by atoms with Gasteiger partial charge in [0.1, 0.15) is 17.0 Å². The van der Waals surface area contributed by atoms with Crippen LogP contribution in [0.5, 0.6) is 5.75 Å². The largest absolute Gasteiger partial charge is 0.487 e. The van der Waals surface area contributed by atoms with Crippen molar-refractivity contribution < 1.29 is 19.0 Å². The lowest BCUT2D eigenvalue weighted by atomic mass is 9.80. The molecule has 2 heterocycles. The molecule has 6 nitrogen and oxygen atoms in total. The number of ether oxygens (including phenoxy) is 3. The lowest BCUT2D eigenvalue weighted by Gasteiger charge is -2.47. The van der Waals surface area contributed by atoms with Gasteiger partial charge in [0.15, 0.2) is 0 Å². The Morgan fingerprint density at radius 1 is 1.32 bits per heavy atom. The Hall–Kier alpha value is -1.79. The highest BCUT2D eigenvalue weighted by molar-refractivity contribution is 5.68. The van der Waals surface area contributed by atoms with E-state index in [9.17, 15) is 4.79 Å². The number of nitrogens with zero attached hydrogens (tertiary/aromatic N) is 1. The minimum atomic E-state index is -0.473.